The molecule has 0 amide bonds. The summed E-state index contributed by atoms with van der Waals surface area (Å²) in [6.45, 7) is 0.672. The van der Waals surface area contributed by atoms with Crippen LogP contribution < -0.4 is 4.74 Å². The number of nitrogens with zero attached hydrogens (tertiary/aromatic N) is 2. The lowest BCUT2D eigenvalue weighted by Gasteiger charge is -2.07. The molecule has 0 unspecified atom stereocenters. The van der Waals surface area contributed by atoms with E-state index in [0.717, 1.165) is 11.3 Å². The van der Waals surface area contributed by atoms with E-state index in [0.29, 0.717) is 12.1 Å². The molecule has 1 aromatic carbocycles. The third kappa shape index (κ3) is 2.27. The molecule has 0 spiro atoms. The molecule has 0 atom stereocenters. The van der Waals surface area contributed by atoms with Crippen LogP contribution in [0, 0.1) is 5.82 Å². The van der Waals surface area contributed by atoms with E-state index in [-0.39, 0.29) is 11.6 Å². The SMILES string of the molecule is COc1cc2c(cc1F)nc(CCl)n2Cc1cccs1. The number of benzene rings is 1. The van der Waals surface area contributed by atoms with Gasteiger partial charge in [-0.05, 0) is 11.4 Å². The third-order valence-electron chi connectivity index (χ3n) is 3.11. The van der Waals surface area contributed by atoms with Crippen LogP contribution in [0.1, 0.15) is 10.7 Å². The maximum Gasteiger partial charge on any atom is 0.167 e. The number of hydrogen-bond acceptors (Lipinski definition) is 3. The van der Waals surface area contributed by atoms with Crippen LogP contribution in [0.3, 0.4) is 0 Å². The Balaban J connectivity index is 2.17. The molecule has 3 nitrogen and oxygen atoms in total. The molecule has 3 rings (SSSR count). The van der Waals surface area contributed by atoms with Crippen LogP contribution >= 0.6 is 22.9 Å². The summed E-state index contributed by atoms with van der Waals surface area (Å²) < 4.78 is 20.8. The first-order valence-corrected chi connectivity index (χ1v) is 7.45. The molecule has 6 heteroatoms. The summed E-state index contributed by atoms with van der Waals surface area (Å²) in [5.74, 6) is 0.805. The van der Waals surface area contributed by atoms with E-state index in [2.05, 4.69) is 11.1 Å². The molecule has 104 valence electrons. The highest BCUT2D eigenvalue weighted by atomic mass is 35.5. The monoisotopic (exact) mass is 310 g/mol. The number of aromatic nitrogens is 2. The van der Waals surface area contributed by atoms with Gasteiger partial charge in [0.1, 0.15) is 5.82 Å². The van der Waals surface area contributed by atoms with Crippen LogP contribution in [-0.4, -0.2) is 16.7 Å². The Morgan fingerprint density at radius 1 is 1.45 bits per heavy atom. The number of rotatable bonds is 4. The number of ether oxygens (including phenoxy) is 1. The number of halogens is 2. The summed E-state index contributed by atoms with van der Waals surface area (Å²) in [4.78, 5) is 5.58. The van der Waals surface area contributed by atoms with E-state index in [9.17, 15) is 4.39 Å². The molecular weight excluding hydrogens is 299 g/mol. The van der Waals surface area contributed by atoms with Gasteiger partial charge in [-0.25, -0.2) is 9.37 Å². The van der Waals surface area contributed by atoms with Gasteiger partial charge in [0.2, 0.25) is 0 Å². The molecule has 20 heavy (non-hydrogen) atoms. The molecule has 0 saturated heterocycles. The average Bonchev–Trinajstić information content (AvgIpc) is 3.06. The summed E-state index contributed by atoms with van der Waals surface area (Å²) in [5, 5.41) is 2.02. The summed E-state index contributed by atoms with van der Waals surface area (Å²) in [5.41, 5.74) is 1.42. The average molecular weight is 311 g/mol. The fourth-order valence-electron chi connectivity index (χ4n) is 2.17. The van der Waals surface area contributed by atoms with Gasteiger partial charge in [-0.3, -0.25) is 0 Å². The minimum Gasteiger partial charge on any atom is -0.494 e. The molecule has 0 aliphatic heterocycles. The molecule has 3 aromatic rings. The van der Waals surface area contributed by atoms with Crippen molar-refractivity contribution in [2.45, 2.75) is 12.4 Å². The molecule has 0 aliphatic rings. The zero-order valence-corrected chi connectivity index (χ0v) is 12.3. The Labute approximate surface area is 124 Å². The number of methoxy groups -OCH3 is 1. The molecule has 0 saturated carbocycles. The minimum atomic E-state index is -0.415. The third-order valence-corrected chi connectivity index (χ3v) is 4.21. The smallest absolute Gasteiger partial charge is 0.167 e. The Morgan fingerprint density at radius 3 is 2.95 bits per heavy atom. The largest absolute Gasteiger partial charge is 0.494 e. The predicted octanol–water partition coefficient (Wildman–Crippen LogP) is 4.03. The van der Waals surface area contributed by atoms with Gasteiger partial charge < -0.3 is 9.30 Å². The lowest BCUT2D eigenvalue weighted by Crippen LogP contribution is -2.02. The van der Waals surface area contributed by atoms with Gasteiger partial charge in [0.05, 0.1) is 30.6 Å². The minimum absolute atomic E-state index is 0.214. The van der Waals surface area contributed by atoms with Crippen LogP contribution in [0.2, 0.25) is 0 Å². The van der Waals surface area contributed by atoms with Crippen molar-refractivity contribution in [2.24, 2.45) is 0 Å². The fourth-order valence-corrected chi connectivity index (χ4v) is 3.07. The first-order chi connectivity index (χ1) is 9.72. The van der Waals surface area contributed by atoms with Crippen molar-refractivity contribution >= 4 is 34.0 Å². The van der Waals surface area contributed by atoms with Gasteiger partial charge in [0.25, 0.3) is 0 Å². The Kier molecular flexibility index (Phi) is 3.63. The maximum absolute atomic E-state index is 13.7. The summed E-state index contributed by atoms with van der Waals surface area (Å²) in [6.07, 6.45) is 0. The molecule has 2 heterocycles. The van der Waals surface area contributed by atoms with E-state index in [1.165, 1.54) is 18.1 Å². The van der Waals surface area contributed by atoms with Crippen LogP contribution in [0.25, 0.3) is 11.0 Å². The van der Waals surface area contributed by atoms with Crippen LogP contribution in [0.5, 0.6) is 5.75 Å². The van der Waals surface area contributed by atoms with Gasteiger partial charge >= 0.3 is 0 Å². The zero-order valence-electron chi connectivity index (χ0n) is 10.8. The van der Waals surface area contributed by atoms with Crippen molar-refractivity contribution in [2.75, 3.05) is 7.11 Å². The van der Waals surface area contributed by atoms with Gasteiger partial charge in [-0.2, -0.15) is 0 Å². The van der Waals surface area contributed by atoms with Crippen LogP contribution in [0.4, 0.5) is 4.39 Å². The molecule has 0 aliphatic carbocycles. The van der Waals surface area contributed by atoms with Gasteiger partial charge in [0, 0.05) is 17.0 Å². The van der Waals surface area contributed by atoms with Crippen molar-refractivity contribution in [1.82, 2.24) is 9.55 Å². The highest BCUT2D eigenvalue weighted by Gasteiger charge is 2.14. The highest BCUT2D eigenvalue weighted by molar-refractivity contribution is 7.09. The second kappa shape index (κ2) is 5.42. The van der Waals surface area contributed by atoms with Crippen LogP contribution in [0.15, 0.2) is 29.6 Å². The first kappa shape index (κ1) is 13.4. The Morgan fingerprint density at radius 2 is 2.30 bits per heavy atom. The summed E-state index contributed by atoms with van der Waals surface area (Å²) in [6, 6.07) is 7.10. The number of alkyl halides is 1. The molecule has 0 bridgehead atoms. The second-order valence-corrected chi connectivity index (χ2v) is 5.60. The standard InChI is InChI=1S/C14H12ClFN2OS/c1-19-13-6-12-11(5-10(13)16)17-14(7-15)18(12)8-9-3-2-4-20-9/h2-6H,7-8H2,1H3. The van der Waals surface area contributed by atoms with Crippen molar-refractivity contribution in [3.63, 3.8) is 0 Å². The second-order valence-electron chi connectivity index (χ2n) is 4.30. The molecule has 2 aromatic heterocycles. The van der Waals surface area contributed by atoms with E-state index in [1.54, 1.807) is 17.4 Å². The topological polar surface area (TPSA) is 27.1 Å². The van der Waals surface area contributed by atoms with E-state index >= 15 is 0 Å². The van der Waals surface area contributed by atoms with E-state index < -0.39 is 5.82 Å². The Hall–Kier alpha value is -1.59. The number of fused-ring (bicyclic) bond motifs is 1. The first-order valence-electron chi connectivity index (χ1n) is 6.04. The molecular formula is C14H12ClFN2OS. The zero-order chi connectivity index (χ0) is 14.1. The van der Waals surface area contributed by atoms with E-state index in [1.807, 2.05) is 16.0 Å². The number of hydrogen-bond donors (Lipinski definition) is 0. The fraction of sp³-hybridized carbons (Fsp3) is 0.214. The number of imidazole rings is 1. The quantitative estimate of drug-likeness (QED) is 0.680. The lowest BCUT2D eigenvalue weighted by atomic mass is 10.3. The Bertz CT molecular complexity index is 739. The number of thiophene rings is 1. The van der Waals surface area contributed by atoms with Gasteiger partial charge in [-0.1, -0.05) is 6.07 Å². The summed E-state index contributed by atoms with van der Waals surface area (Å²) >= 11 is 7.62. The van der Waals surface area contributed by atoms with E-state index in [4.69, 9.17) is 16.3 Å². The highest BCUT2D eigenvalue weighted by Crippen LogP contribution is 2.27. The van der Waals surface area contributed by atoms with Crippen molar-refractivity contribution in [3.8, 4) is 5.75 Å². The van der Waals surface area contributed by atoms with Crippen LogP contribution in [-0.2, 0) is 12.4 Å². The summed E-state index contributed by atoms with van der Waals surface area (Å²) in [7, 11) is 1.45. The molecule has 0 fully saturated rings. The van der Waals surface area contributed by atoms with Crippen molar-refractivity contribution < 1.29 is 9.13 Å². The van der Waals surface area contributed by atoms with Crippen molar-refractivity contribution in [1.29, 1.82) is 0 Å². The van der Waals surface area contributed by atoms with Crippen molar-refractivity contribution in [3.05, 3.63) is 46.2 Å². The van der Waals surface area contributed by atoms with Gasteiger partial charge in [0.15, 0.2) is 11.6 Å². The predicted molar refractivity (Wildman–Crippen MR) is 79.2 cm³/mol. The lowest BCUT2D eigenvalue weighted by molar-refractivity contribution is 0.387. The normalized spacial score (nSPS) is 11.2. The molecule has 0 N–H and O–H groups in total. The molecule has 0 radical (unpaired) electrons. The maximum atomic E-state index is 13.7. The van der Waals surface area contributed by atoms with Gasteiger partial charge in [-0.15, -0.1) is 22.9 Å².